The number of carbonyl (C=O) groups excluding carboxylic acids is 2. The highest BCUT2D eigenvalue weighted by atomic mass is 19.4. The van der Waals surface area contributed by atoms with E-state index in [1.807, 2.05) is 0 Å². The summed E-state index contributed by atoms with van der Waals surface area (Å²) in [6, 6.07) is -0.465. The average molecular weight is 332 g/mol. The van der Waals surface area contributed by atoms with E-state index in [1.54, 1.807) is 12.3 Å². The fourth-order valence-corrected chi connectivity index (χ4v) is 2.77. The van der Waals surface area contributed by atoms with Crippen LogP contribution in [0.3, 0.4) is 0 Å². The largest absolute Gasteiger partial charge is 0.472 e. The standard InChI is InChI=1S/C15H19F3N2O3/c1-10(21)20-8-12(3-4-13(20)15(16,17)18)19-14(22)5-2-11-6-7-23-9-11/h6-7,9,12-13H,2-5,8H2,1H3,(H,19,22)/t12-,13+/m0/s1. The van der Waals surface area contributed by atoms with Crippen LogP contribution in [0, 0.1) is 0 Å². The second-order valence-corrected chi connectivity index (χ2v) is 5.70. The first-order chi connectivity index (χ1) is 10.8. The van der Waals surface area contributed by atoms with Gasteiger partial charge in [0.1, 0.15) is 6.04 Å². The van der Waals surface area contributed by atoms with E-state index in [2.05, 4.69) is 5.32 Å². The van der Waals surface area contributed by atoms with Gasteiger partial charge in [0.05, 0.1) is 12.5 Å². The molecule has 1 aliphatic rings. The van der Waals surface area contributed by atoms with E-state index in [4.69, 9.17) is 4.42 Å². The Balaban J connectivity index is 1.87. The van der Waals surface area contributed by atoms with Crippen LogP contribution in [0.2, 0.25) is 0 Å². The van der Waals surface area contributed by atoms with Crippen molar-refractivity contribution in [3.05, 3.63) is 24.2 Å². The van der Waals surface area contributed by atoms with Crippen LogP contribution in [0.25, 0.3) is 0 Å². The summed E-state index contributed by atoms with van der Waals surface area (Å²) in [6.07, 6.45) is -0.672. The minimum atomic E-state index is -4.44. The van der Waals surface area contributed by atoms with Gasteiger partial charge >= 0.3 is 6.18 Å². The zero-order valence-corrected chi connectivity index (χ0v) is 12.7. The molecule has 0 aromatic carbocycles. The molecule has 23 heavy (non-hydrogen) atoms. The van der Waals surface area contributed by atoms with Crippen LogP contribution in [-0.4, -0.2) is 41.5 Å². The third-order valence-electron chi connectivity index (χ3n) is 3.95. The number of furan rings is 1. The summed E-state index contributed by atoms with van der Waals surface area (Å²) in [5, 5.41) is 2.71. The van der Waals surface area contributed by atoms with Crippen LogP contribution in [0.5, 0.6) is 0 Å². The Morgan fingerprint density at radius 3 is 2.70 bits per heavy atom. The lowest BCUT2D eigenvalue weighted by Crippen LogP contribution is -2.57. The summed E-state index contributed by atoms with van der Waals surface area (Å²) in [5.41, 5.74) is 0.881. The number of alkyl halides is 3. The predicted octanol–water partition coefficient (Wildman–Crippen LogP) is 2.27. The number of piperidine rings is 1. The molecule has 0 spiro atoms. The number of hydrogen-bond donors (Lipinski definition) is 1. The summed E-state index contributed by atoms with van der Waals surface area (Å²) in [7, 11) is 0. The Morgan fingerprint density at radius 1 is 1.39 bits per heavy atom. The predicted molar refractivity (Wildman–Crippen MR) is 75.4 cm³/mol. The highest BCUT2D eigenvalue weighted by Gasteiger charge is 2.47. The van der Waals surface area contributed by atoms with Crippen molar-refractivity contribution < 1.29 is 27.2 Å². The van der Waals surface area contributed by atoms with Crippen LogP contribution in [-0.2, 0) is 16.0 Å². The lowest BCUT2D eigenvalue weighted by atomic mass is 9.97. The maximum atomic E-state index is 12.9. The van der Waals surface area contributed by atoms with Crippen molar-refractivity contribution >= 4 is 11.8 Å². The lowest BCUT2D eigenvalue weighted by Gasteiger charge is -2.40. The molecule has 0 bridgehead atoms. The molecule has 1 aliphatic heterocycles. The SMILES string of the molecule is CC(=O)N1C[C@@H](NC(=O)CCc2ccoc2)CC[C@@H]1C(F)(F)F. The smallest absolute Gasteiger partial charge is 0.408 e. The van der Waals surface area contributed by atoms with E-state index in [0.717, 1.165) is 17.4 Å². The first-order valence-electron chi connectivity index (χ1n) is 7.41. The number of carbonyl (C=O) groups is 2. The number of hydrogen-bond acceptors (Lipinski definition) is 3. The van der Waals surface area contributed by atoms with Gasteiger partial charge in [-0.15, -0.1) is 0 Å². The molecular weight excluding hydrogens is 313 g/mol. The van der Waals surface area contributed by atoms with Crippen molar-refractivity contribution in [3.8, 4) is 0 Å². The van der Waals surface area contributed by atoms with Gasteiger partial charge in [-0.25, -0.2) is 0 Å². The fourth-order valence-electron chi connectivity index (χ4n) is 2.77. The number of halogens is 3. The van der Waals surface area contributed by atoms with E-state index in [-0.39, 0.29) is 31.7 Å². The molecule has 1 N–H and O–H groups in total. The van der Waals surface area contributed by atoms with Crippen molar-refractivity contribution in [1.29, 1.82) is 0 Å². The number of amides is 2. The molecule has 1 aromatic heterocycles. The second kappa shape index (κ2) is 7.06. The Labute approximate surface area is 131 Å². The molecule has 8 heteroatoms. The Morgan fingerprint density at radius 2 is 2.13 bits per heavy atom. The van der Waals surface area contributed by atoms with Crippen molar-refractivity contribution in [3.63, 3.8) is 0 Å². The number of nitrogens with zero attached hydrogens (tertiary/aromatic N) is 1. The lowest BCUT2D eigenvalue weighted by molar-refractivity contribution is -0.196. The Bertz CT molecular complexity index is 543. The van der Waals surface area contributed by atoms with Gasteiger partial charge in [0.2, 0.25) is 11.8 Å². The number of nitrogens with one attached hydrogen (secondary N) is 1. The van der Waals surface area contributed by atoms with Crippen LogP contribution in [0.4, 0.5) is 13.2 Å². The van der Waals surface area contributed by atoms with Gasteiger partial charge in [0, 0.05) is 25.9 Å². The van der Waals surface area contributed by atoms with Crippen molar-refractivity contribution in [2.75, 3.05) is 6.54 Å². The van der Waals surface area contributed by atoms with Gasteiger partial charge in [0.25, 0.3) is 0 Å². The van der Waals surface area contributed by atoms with Gasteiger partial charge in [-0.1, -0.05) is 0 Å². The third-order valence-corrected chi connectivity index (χ3v) is 3.95. The monoisotopic (exact) mass is 332 g/mol. The van der Waals surface area contributed by atoms with E-state index in [1.165, 1.54) is 6.26 Å². The van der Waals surface area contributed by atoms with E-state index in [9.17, 15) is 22.8 Å². The second-order valence-electron chi connectivity index (χ2n) is 5.70. The van der Waals surface area contributed by atoms with E-state index in [0.29, 0.717) is 6.42 Å². The van der Waals surface area contributed by atoms with Crippen LogP contribution in [0.15, 0.2) is 23.0 Å². The fraction of sp³-hybridized carbons (Fsp3) is 0.600. The van der Waals surface area contributed by atoms with Crippen molar-refractivity contribution in [2.45, 2.75) is 50.9 Å². The zero-order valence-electron chi connectivity index (χ0n) is 12.7. The van der Waals surface area contributed by atoms with Crippen molar-refractivity contribution in [2.24, 2.45) is 0 Å². The molecular formula is C15H19F3N2O3. The molecule has 2 amide bonds. The molecule has 5 nitrogen and oxygen atoms in total. The quantitative estimate of drug-likeness (QED) is 0.920. The van der Waals surface area contributed by atoms with E-state index < -0.39 is 24.2 Å². The average Bonchev–Trinajstić information content (AvgIpc) is 2.97. The van der Waals surface area contributed by atoms with Gasteiger partial charge < -0.3 is 14.6 Å². The first kappa shape index (κ1) is 17.4. The molecule has 1 fully saturated rings. The molecule has 1 saturated heterocycles. The minimum Gasteiger partial charge on any atom is -0.472 e. The summed E-state index contributed by atoms with van der Waals surface area (Å²) in [6.45, 7) is 0.999. The summed E-state index contributed by atoms with van der Waals surface area (Å²) in [5.74, 6) is -0.880. The molecule has 0 saturated carbocycles. The molecule has 0 aliphatic carbocycles. The normalized spacial score (nSPS) is 22.0. The van der Waals surface area contributed by atoms with Crippen LogP contribution >= 0.6 is 0 Å². The molecule has 1 aromatic rings. The van der Waals surface area contributed by atoms with Crippen LogP contribution in [0.1, 0.15) is 31.7 Å². The Hall–Kier alpha value is -1.99. The molecule has 128 valence electrons. The van der Waals surface area contributed by atoms with E-state index >= 15 is 0 Å². The first-order valence-corrected chi connectivity index (χ1v) is 7.41. The van der Waals surface area contributed by atoms with Gasteiger partial charge in [-0.3, -0.25) is 9.59 Å². The number of aryl methyl sites for hydroxylation is 1. The Kier molecular flexibility index (Phi) is 5.33. The number of likely N-dealkylation sites (tertiary alicyclic amines) is 1. The van der Waals surface area contributed by atoms with Gasteiger partial charge in [0.15, 0.2) is 0 Å². The summed E-state index contributed by atoms with van der Waals surface area (Å²) < 4.78 is 43.7. The topological polar surface area (TPSA) is 62.6 Å². The van der Waals surface area contributed by atoms with Gasteiger partial charge in [-0.05, 0) is 30.9 Å². The third kappa shape index (κ3) is 4.74. The maximum Gasteiger partial charge on any atom is 0.408 e. The highest BCUT2D eigenvalue weighted by Crippen LogP contribution is 2.32. The van der Waals surface area contributed by atoms with Crippen molar-refractivity contribution in [1.82, 2.24) is 10.2 Å². The molecule has 0 unspecified atom stereocenters. The zero-order chi connectivity index (χ0) is 17.0. The molecule has 2 rings (SSSR count). The number of rotatable bonds is 4. The molecule has 2 heterocycles. The maximum absolute atomic E-state index is 12.9. The summed E-state index contributed by atoms with van der Waals surface area (Å²) >= 11 is 0. The van der Waals surface area contributed by atoms with Crippen LogP contribution < -0.4 is 5.32 Å². The molecule has 2 atom stereocenters. The highest BCUT2D eigenvalue weighted by molar-refractivity contribution is 5.77. The summed E-state index contributed by atoms with van der Waals surface area (Å²) in [4.78, 5) is 24.2. The van der Waals surface area contributed by atoms with Gasteiger partial charge in [-0.2, -0.15) is 13.2 Å². The molecule has 0 radical (unpaired) electrons. The minimum absolute atomic E-state index is 0.114.